The molecule has 0 fully saturated rings. The second-order valence-corrected chi connectivity index (χ2v) is 3.36. The van der Waals surface area contributed by atoms with Gasteiger partial charge in [-0.3, -0.25) is 0 Å². The first-order valence-electron chi connectivity index (χ1n) is 2.66. The first kappa shape index (κ1) is 6.24. The first-order chi connectivity index (χ1) is 4.88. The van der Waals surface area contributed by atoms with Gasteiger partial charge in [-0.1, -0.05) is 10.6 Å². The van der Waals surface area contributed by atoms with Crippen LogP contribution in [-0.2, 0) is 0 Å². The Morgan fingerprint density at radius 2 is 2.50 bits per heavy atom. The molecule has 2 rings (SSSR count). The van der Waals surface area contributed by atoms with Crippen molar-refractivity contribution in [1.82, 2.24) is 9.59 Å². The lowest BCUT2D eigenvalue weighted by Gasteiger charge is -1.85. The maximum absolute atomic E-state index is 3.91. The van der Waals surface area contributed by atoms with E-state index in [1.54, 1.807) is 0 Å². The van der Waals surface area contributed by atoms with Gasteiger partial charge < -0.3 is 0 Å². The van der Waals surface area contributed by atoms with Crippen molar-refractivity contribution in [1.29, 1.82) is 0 Å². The van der Waals surface area contributed by atoms with Crippen LogP contribution in [0.15, 0.2) is 16.6 Å². The van der Waals surface area contributed by atoms with Crippen molar-refractivity contribution < 1.29 is 0 Å². The molecule has 1 aromatic carbocycles. The molecule has 0 aliphatic heterocycles. The molecule has 0 bridgehead atoms. The minimum Gasteiger partial charge on any atom is -0.137 e. The van der Waals surface area contributed by atoms with E-state index in [2.05, 4.69) is 31.6 Å². The topological polar surface area (TPSA) is 25.8 Å². The van der Waals surface area contributed by atoms with Gasteiger partial charge >= 0.3 is 0 Å². The summed E-state index contributed by atoms with van der Waals surface area (Å²) in [4.78, 5) is 0. The first-order valence-corrected chi connectivity index (χ1v) is 4.23. The predicted molar refractivity (Wildman–Crippen MR) is 44.0 cm³/mol. The Kier molecular flexibility index (Phi) is 1.43. The molecule has 1 aromatic heterocycles. The average molecular weight is 214 g/mol. The molecule has 49 valence electrons. The van der Waals surface area contributed by atoms with Gasteiger partial charge in [0, 0.05) is 0 Å². The van der Waals surface area contributed by atoms with Gasteiger partial charge in [-0.2, -0.15) is 0 Å². The van der Waals surface area contributed by atoms with Crippen LogP contribution in [0.3, 0.4) is 0 Å². The Hall–Kier alpha value is -0.480. The van der Waals surface area contributed by atoms with Gasteiger partial charge in [0.15, 0.2) is 0 Å². The van der Waals surface area contributed by atoms with Crippen molar-refractivity contribution in [3.8, 4) is 0 Å². The van der Waals surface area contributed by atoms with E-state index >= 15 is 0 Å². The summed E-state index contributed by atoms with van der Waals surface area (Å²) >= 11 is 4.71. The summed E-state index contributed by atoms with van der Waals surface area (Å²) in [5.74, 6) is 0. The molecule has 10 heavy (non-hydrogen) atoms. The van der Waals surface area contributed by atoms with Crippen LogP contribution in [0.25, 0.3) is 10.2 Å². The minimum atomic E-state index is 0.888. The van der Waals surface area contributed by atoms with Gasteiger partial charge in [0.05, 0.1) is 9.17 Å². The number of hydrogen-bond acceptors (Lipinski definition) is 3. The second-order valence-electron chi connectivity index (χ2n) is 1.78. The molecule has 0 saturated carbocycles. The van der Waals surface area contributed by atoms with Crippen LogP contribution in [-0.4, -0.2) is 9.59 Å². The Morgan fingerprint density at radius 3 is 3.30 bits per heavy atom. The molecule has 0 N–H and O–H groups in total. The molecule has 0 aliphatic rings. The van der Waals surface area contributed by atoms with Gasteiger partial charge in [-0.15, -0.1) is 5.10 Å². The molecule has 4 heteroatoms. The molecule has 0 saturated heterocycles. The maximum Gasteiger partial charge on any atom is 0.120 e. The minimum absolute atomic E-state index is 0.888. The normalized spacial score (nSPS) is 10.5. The van der Waals surface area contributed by atoms with Crippen molar-refractivity contribution in [3.05, 3.63) is 22.7 Å². The summed E-state index contributed by atoms with van der Waals surface area (Å²) in [6, 6.07) is 6.78. The fraction of sp³-hybridized carbons (Fsp3) is 0. The van der Waals surface area contributed by atoms with Crippen LogP contribution in [0.5, 0.6) is 0 Å². The predicted octanol–water partition coefficient (Wildman–Crippen LogP) is 2.25. The fourth-order valence-electron chi connectivity index (χ4n) is 0.718. The lowest BCUT2D eigenvalue weighted by atomic mass is 10.3. The molecule has 1 heterocycles. The van der Waals surface area contributed by atoms with Crippen LogP contribution >= 0.6 is 27.5 Å². The molecule has 0 aliphatic carbocycles. The Balaban J connectivity index is 2.95. The zero-order chi connectivity index (χ0) is 6.97. The van der Waals surface area contributed by atoms with Gasteiger partial charge in [-0.25, -0.2) is 0 Å². The van der Waals surface area contributed by atoms with Gasteiger partial charge in [-0.05, 0) is 39.6 Å². The van der Waals surface area contributed by atoms with Gasteiger partial charge in [0.1, 0.15) is 5.52 Å². The third-order valence-corrected chi connectivity index (χ3v) is 2.46. The van der Waals surface area contributed by atoms with E-state index in [-0.39, 0.29) is 0 Å². The van der Waals surface area contributed by atoms with E-state index in [4.69, 9.17) is 0 Å². The van der Waals surface area contributed by atoms with Crippen molar-refractivity contribution >= 4 is 37.7 Å². The number of aromatic nitrogens is 2. The zero-order valence-corrected chi connectivity index (χ0v) is 7.24. The van der Waals surface area contributed by atoms with Crippen molar-refractivity contribution in [2.45, 2.75) is 0 Å². The van der Waals surface area contributed by atoms with Crippen molar-refractivity contribution in [2.75, 3.05) is 0 Å². The molecular weight excluding hydrogens is 212 g/mol. The summed E-state index contributed by atoms with van der Waals surface area (Å²) < 4.78 is 5.78. The number of rotatable bonds is 0. The largest absolute Gasteiger partial charge is 0.137 e. The monoisotopic (exact) mass is 213 g/mol. The fourth-order valence-corrected chi connectivity index (χ4v) is 1.84. The molecule has 2 nitrogen and oxygen atoms in total. The summed E-state index contributed by atoms with van der Waals surface area (Å²) in [6.45, 7) is 0. The summed E-state index contributed by atoms with van der Waals surface area (Å²) in [7, 11) is 0. The third-order valence-electron chi connectivity index (χ3n) is 1.17. The highest BCUT2D eigenvalue weighted by Gasteiger charge is 1.99. The van der Waals surface area contributed by atoms with Crippen LogP contribution < -0.4 is 0 Å². The third kappa shape index (κ3) is 0.839. The molecule has 0 spiro atoms. The number of fused-ring (bicyclic) bond motifs is 1. The average Bonchev–Trinajstić information content (AvgIpc) is 2.36. The van der Waals surface area contributed by atoms with E-state index < -0.39 is 0 Å². The summed E-state index contributed by atoms with van der Waals surface area (Å²) in [6.07, 6.45) is 0. The lowest BCUT2D eigenvalue weighted by Crippen LogP contribution is -1.69. The highest BCUT2D eigenvalue weighted by Crippen LogP contribution is 2.22. The van der Waals surface area contributed by atoms with Crippen molar-refractivity contribution in [3.63, 3.8) is 0 Å². The van der Waals surface area contributed by atoms with E-state index in [9.17, 15) is 0 Å². The lowest BCUT2D eigenvalue weighted by molar-refractivity contribution is 1.19. The number of benzene rings is 1. The number of hydrogen-bond donors (Lipinski definition) is 0. The molecule has 2 aromatic rings. The molecule has 0 amide bonds. The zero-order valence-electron chi connectivity index (χ0n) is 4.84. The second kappa shape index (κ2) is 2.29. The maximum atomic E-state index is 3.91. The van der Waals surface area contributed by atoms with Crippen LogP contribution in [0.4, 0.5) is 0 Å². The SMILES string of the molecule is Brc1[c]ccc2snnc12. The van der Waals surface area contributed by atoms with Crippen LogP contribution in [0, 0.1) is 6.07 Å². The van der Waals surface area contributed by atoms with E-state index in [1.165, 1.54) is 11.5 Å². The Bertz CT molecular complexity index is 357. The quantitative estimate of drug-likeness (QED) is 0.672. The van der Waals surface area contributed by atoms with Crippen LogP contribution in [0.1, 0.15) is 0 Å². The highest BCUT2D eigenvalue weighted by molar-refractivity contribution is 9.10. The molecule has 0 atom stereocenters. The van der Waals surface area contributed by atoms with Gasteiger partial charge in [0.2, 0.25) is 0 Å². The molecule has 1 radical (unpaired) electrons. The highest BCUT2D eigenvalue weighted by atomic mass is 79.9. The van der Waals surface area contributed by atoms with E-state index in [0.29, 0.717) is 0 Å². The number of halogens is 1. The molecular formula is C6H2BrN2S. The smallest absolute Gasteiger partial charge is 0.120 e. The molecule has 0 unspecified atom stereocenters. The summed E-state index contributed by atoms with van der Waals surface area (Å²) in [5, 5.41) is 3.91. The van der Waals surface area contributed by atoms with E-state index in [0.717, 1.165) is 14.7 Å². The Labute approximate surface area is 70.2 Å². The van der Waals surface area contributed by atoms with E-state index in [1.807, 2.05) is 12.1 Å². The number of nitrogens with zero attached hydrogens (tertiary/aromatic N) is 2. The summed E-state index contributed by atoms with van der Waals surface area (Å²) in [5.41, 5.74) is 0.896. The van der Waals surface area contributed by atoms with Gasteiger partial charge in [0.25, 0.3) is 0 Å². The Morgan fingerprint density at radius 1 is 1.60 bits per heavy atom. The standard InChI is InChI=1S/C6H2BrN2S/c7-4-2-1-3-5-6(4)8-9-10-5/h1,3H. The van der Waals surface area contributed by atoms with Crippen molar-refractivity contribution in [2.24, 2.45) is 0 Å². The van der Waals surface area contributed by atoms with Crippen LogP contribution in [0.2, 0.25) is 0 Å².